The first-order valence-electron chi connectivity index (χ1n) is 6.48. The van der Waals surface area contributed by atoms with Gasteiger partial charge in [-0.15, -0.1) is 0 Å². The zero-order valence-electron chi connectivity index (χ0n) is 12.3. The molecule has 1 amide bonds. The van der Waals surface area contributed by atoms with E-state index in [0.717, 1.165) is 6.07 Å². The van der Waals surface area contributed by atoms with E-state index < -0.39 is 17.5 Å². The van der Waals surface area contributed by atoms with E-state index in [-0.39, 0.29) is 17.3 Å². The number of anilines is 1. The van der Waals surface area contributed by atoms with Gasteiger partial charge in [-0.05, 0) is 34.0 Å². The first-order valence-corrected chi connectivity index (χ1v) is 6.48. The normalized spacial score (nSPS) is 12.6. The number of benzene rings is 1. The predicted octanol–water partition coefficient (Wildman–Crippen LogP) is 1.96. The standard InChI is InChI=1S/C14H21F2N3O/c1-5-19(9(2)8-18(3)4)14(20)10-6-13(17)12(16)7-11(10)15/h6-7,9H,5,8,17H2,1-4H3. The number of carbonyl (C=O) groups is 1. The Morgan fingerprint density at radius 2 is 1.90 bits per heavy atom. The van der Waals surface area contributed by atoms with Crippen molar-refractivity contribution < 1.29 is 13.6 Å². The van der Waals surface area contributed by atoms with E-state index in [0.29, 0.717) is 19.2 Å². The maximum Gasteiger partial charge on any atom is 0.257 e. The van der Waals surface area contributed by atoms with Crippen LogP contribution in [0.2, 0.25) is 0 Å². The van der Waals surface area contributed by atoms with Crippen molar-refractivity contribution in [2.75, 3.05) is 32.9 Å². The molecule has 1 aromatic rings. The zero-order valence-corrected chi connectivity index (χ0v) is 12.3. The van der Waals surface area contributed by atoms with Gasteiger partial charge < -0.3 is 15.5 Å². The summed E-state index contributed by atoms with van der Waals surface area (Å²) in [6, 6.07) is 1.61. The topological polar surface area (TPSA) is 49.6 Å². The van der Waals surface area contributed by atoms with Gasteiger partial charge in [0.25, 0.3) is 5.91 Å². The molecular weight excluding hydrogens is 264 g/mol. The SMILES string of the molecule is CCN(C(=O)c1cc(N)c(F)cc1F)C(C)CN(C)C. The van der Waals surface area contributed by atoms with Crippen molar-refractivity contribution in [2.24, 2.45) is 0 Å². The molecule has 0 radical (unpaired) electrons. The van der Waals surface area contributed by atoms with E-state index in [2.05, 4.69) is 0 Å². The highest BCUT2D eigenvalue weighted by Crippen LogP contribution is 2.19. The first kappa shape index (κ1) is 16.4. The quantitative estimate of drug-likeness (QED) is 0.841. The lowest BCUT2D eigenvalue weighted by Crippen LogP contribution is -2.44. The van der Waals surface area contributed by atoms with Crippen LogP contribution in [0.15, 0.2) is 12.1 Å². The van der Waals surface area contributed by atoms with Crippen LogP contribution in [0.5, 0.6) is 0 Å². The van der Waals surface area contributed by atoms with Crippen molar-refractivity contribution in [1.29, 1.82) is 0 Å². The molecule has 6 heteroatoms. The van der Waals surface area contributed by atoms with Crippen molar-refractivity contribution in [2.45, 2.75) is 19.9 Å². The number of nitrogens with two attached hydrogens (primary N) is 1. The Labute approximate surface area is 118 Å². The van der Waals surface area contributed by atoms with Crippen LogP contribution in [0, 0.1) is 11.6 Å². The summed E-state index contributed by atoms with van der Waals surface area (Å²) in [5.74, 6) is -2.23. The Morgan fingerprint density at radius 1 is 1.30 bits per heavy atom. The molecule has 1 rings (SSSR count). The smallest absolute Gasteiger partial charge is 0.257 e. The predicted molar refractivity (Wildman–Crippen MR) is 75.5 cm³/mol. The summed E-state index contributed by atoms with van der Waals surface area (Å²) in [6.45, 7) is 4.78. The van der Waals surface area contributed by atoms with E-state index in [9.17, 15) is 13.6 Å². The van der Waals surface area contributed by atoms with Gasteiger partial charge in [0.15, 0.2) is 0 Å². The summed E-state index contributed by atoms with van der Waals surface area (Å²) in [5, 5.41) is 0. The van der Waals surface area contributed by atoms with Crippen LogP contribution in [0.1, 0.15) is 24.2 Å². The van der Waals surface area contributed by atoms with Crippen LogP contribution in [0.3, 0.4) is 0 Å². The lowest BCUT2D eigenvalue weighted by Gasteiger charge is -2.30. The highest BCUT2D eigenvalue weighted by atomic mass is 19.1. The van der Waals surface area contributed by atoms with Crippen LogP contribution >= 0.6 is 0 Å². The van der Waals surface area contributed by atoms with Crippen molar-refractivity contribution in [3.8, 4) is 0 Å². The first-order chi connectivity index (χ1) is 9.27. The maximum atomic E-state index is 13.8. The van der Waals surface area contributed by atoms with E-state index in [1.54, 1.807) is 0 Å². The molecule has 0 aliphatic carbocycles. The Kier molecular flexibility index (Phi) is 5.44. The third kappa shape index (κ3) is 3.66. The van der Waals surface area contributed by atoms with E-state index in [1.807, 2.05) is 32.8 Å². The zero-order chi connectivity index (χ0) is 15.4. The minimum absolute atomic E-state index is 0.0897. The van der Waals surface area contributed by atoms with E-state index >= 15 is 0 Å². The number of amides is 1. The fourth-order valence-electron chi connectivity index (χ4n) is 2.17. The number of carbonyl (C=O) groups excluding carboxylic acids is 1. The van der Waals surface area contributed by atoms with Gasteiger partial charge in [-0.25, -0.2) is 8.78 Å². The third-order valence-corrected chi connectivity index (χ3v) is 3.08. The van der Waals surface area contributed by atoms with Gasteiger partial charge in [-0.2, -0.15) is 0 Å². The summed E-state index contributed by atoms with van der Waals surface area (Å²) in [7, 11) is 3.79. The van der Waals surface area contributed by atoms with Crippen molar-refractivity contribution in [3.63, 3.8) is 0 Å². The molecule has 2 N–H and O–H groups in total. The number of nitrogen functional groups attached to an aromatic ring is 1. The number of rotatable bonds is 5. The molecular formula is C14H21F2N3O. The molecule has 0 saturated carbocycles. The molecule has 4 nitrogen and oxygen atoms in total. The van der Waals surface area contributed by atoms with Crippen molar-refractivity contribution >= 4 is 11.6 Å². The minimum atomic E-state index is -0.891. The fourth-order valence-corrected chi connectivity index (χ4v) is 2.17. The molecule has 0 heterocycles. The second-order valence-electron chi connectivity index (χ2n) is 5.06. The Bertz CT molecular complexity index is 492. The summed E-state index contributed by atoms with van der Waals surface area (Å²) < 4.78 is 26.9. The van der Waals surface area contributed by atoms with Crippen molar-refractivity contribution in [1.82, 2.24) is 9.80 Å². The molecule has 20 heavy (non-hydrogen) atoms. The molecule has 0 aliphatic heterocycles. The number of hydrogen-bond donors (Lipinski definition) is 1. The van der Waals surface area contributed by atoms with E-state index in [1.165, 1.54) is 4.90 Å². The Morgan fingerprint density at radius 3 is 2.40 bits per heavy atom. The lowest BCUT2D eigenvalue weighted by atomic mass is 10.1. The fraction of sp³-hybridized carbons (Fsp3) is 0.500. The average molecular weight is 285 g/mol. The molecule has 1 atom stereocenters. The molecule has 1 aromatic carbocycles. The third-order valence-electron chi connectivity index (χ3n) is 3.08. The maximum absolute atomic E-state index is 13.8. The summed E-state index contributed by atoms with van der Waals surface area (Å²) in [4.78, 5) is 15.9. The largest absolute Gasteiger partial charge is 0.396 e. The summed E-state index contributed by atoms with van der Waals surface area (Å²) in [6.07, 6.45) is 0. The van der Waals surface area contributed by atoms with Gasteiger partial charge in [-0.1, -0.05) is 0 Å². The highest BCUT2D eigenvalue weighted by Gasteiger charge is 2.24. The van der Waals surface area contributed by atoms with Crippen LogP contribution < -0.4 is 5.73 Å². The van der Waals surface area contributed by atoms with Crippen LogP contribution in [-0.2, 0) is 0 Å². The highest BCUT2D eigenvalue weighted by molar-refractivity contribution is 5.95. The van der Waals surface area contributed by atoms with Gasteiger partial charge in [0, 0.05) is 25.2 Å². The molecule has 0 bridgehead atoms. The van der Waals surface area contributed by atoms with Crippen LogP contribution in [-0.4, -0.2) is 48.9 Å². The lowest BCUT2D eigenvalue weighted by molar-refractivity contribution is 0.0674. The number of hydrogen-bond acceptors (Lipinski definition) is 3. The molecule has 112 valence electrons. The van der Waals surface area contributed by atoms with Gasteiger partial charge in [0.2, 0.25) is 0 Å². The average Bonchev–Trinajstić information content (AvgIpc) is 2.33. The molecule has 0 aromatic heterocycles. The van der Waals surface area contributed by atoms with Gasteiger partial charge in [0.1, 0.15) is 11.6 Å². The van der Waals surface area contributed by atoms with Crippen molar-refractivity contribution in [3.05, 3.63) is 29.3 Å². The molecule has 1 unspecified atom stereocenters. The number of halogens is 2. The molecule has 0 saturated heterocycles. The second-order valence-corrected chi connectivity index (χ2v) is 5.06. The summed E-state index contributed by atoms with van der Waals surface area (Å²) in [5.41, 5.74) is 4.98. The van der Waals surface area contributed by atoms with Gasteiger partial charge in [0.05, 0.1) is 11.3 Å². The molecule has 0 fully saturated rings. The minimum Gasteiger partial charge on any atom is -0.396 e. The van der Waals surface area contributed by atoms with Crippen LogP contribution in [0.4, 0.5) is 14.5 Å². The van der Waals surface area contributed by atoms with Gasteiger partial charge in [-0.3, -0.25) is 4.79 Å². The molecule has 0 aliphatic rings. The van der Waals surface area contributed by atoms with Gasteiger partial charge >= 0.3 is 0 Å². The Balaban J connectivity index is 3.05. The van der Waals surface area contributed by atoms with E-state index in [4.69, 9.17) is 5.73 Å². The monoisotopic (exact) mass is 285 g/mol. The molecule has 0 spiro atoms. The summed E-state index contributed by atoms with van der Waals surface area (Å²) >= 11 is 0. The number of nitrogens with zero attached hydrogens (tertiary/aromatic N) is 2. The second kappa shape index (κ2) is 6.65. The number of likely N-dealkylation sites (N-methyl/N-ethyl adjacent to an activating group) is 2. The Hall–Kier alpha value is -1.69. The van der Waals surface area contributed by atoms with Crippen LogP contribution in [0.25, 0.3) is 0 Å².